The largest absolute Gasteiger partial charge is 0.492 e. The lowest BCUT2D eigenvalue weighted by Crippen LogP contribution is -2.13. The van der Waals surface area contributed by atoms with Gasteiger partial charge in [0.2, 0.25) is 5.13 Å². The highest BCUT2D eigenvalue weighted by Crippen LogP contribution is 2.25. The first kappa shape index (κ1) is 22.2. The van der Waals surface area contributed by atoms with Crippen LogP contribution in [-0.2, 0) is 11.3 Å². The number of carbonyl (C=O) groups excluding carboxylic acids is 1. The Kier molecular flexibility index (Phi) is 6.52. The summed E-state index contributed by atoms with van der Waals surface area (Å²) < 4.78 is 8.05. The van der Waals surface area contributed by atoms with E-state index in [2.05, 4.69) is 26.1 Å². The number of anilines is 1. The maximum absolute atomic E-state index is 12.6. The fourth-order valence-electron chi connectivity index (χ4n) is 3.67. The minimum atomic E-state index is -0.511. The average molecular weight is 458 g/mol. The predicted molar refractivity (Wildman–Crippen MR) is 130 cm³/mol. The number of nitrogens with one attached hydrogen (secondary N) is 1. The summed E-state index contributed by atoms with van der Waals surface area (Å²) in [5.41, 5.74) is 4.12. The second-order valence-electron chi connectivity index (χ2n) is 7.72. The van der Waals surface area contributed by atoms with Gasteiger partial charge in [-0.1, -0.05) is 35.6 Å². The molecule has 0 unspecified atom stereocenters. The Labute approximate surface area is 196 Å². The number of rotatable bonds is 7. The van der Waals surface area contributed by atoms with E-state index in [1.54, 1.807) is 13.0 Å². The number of nitrogens with zero attached hydrogens (tertiary/aromatic N) is 4. The monoisotopic (exact) mass is 457 g/mol. The normalized spacial score (nSPS) is 11.4. The van der Waals surface area contributed by atoms with Crippen molar-refractivity contribution in [3.8, 4) is 11.8 Å². The molecule has 1 N–H and O–H groups in total. The summed E-state index contributed by atoms with van der Waals surface area (Å²) in [6.07, 6.45) is 3.54. The van der Waals surface area contributed by atoms with Crippen LogP contribution in [-0.4, -0.2) is 27.3 Å². The maximum Gasteiger partial charge on any atom is 0.268 e. The number of hydrogen-bond acceptors (Lipinski definition) is 6. The highest BCUT2D eigenvalue weighted by atomic mass is 32.1. The number of fused-ring (bicyclic) bond motifs is 1. The van der Waals surface area contributed by atoms with Crippen LogP contribution in [0, 0.1) is 32.1 Å². The number of aromatic nitrogens is 3. The van der Waals surface area contributed by atoms with Crippen molar-refractivity contribution in [2.75, 3.05) is 11.9 Å². The summed E-state index contributed by atoms with van der Waals surface area (Å²) in [5.74, 6) is 0.336. The molecule has 33 heavy (non-hydrogen) atoms. The molecule has 8 heteroatoms. The second kappa shape index (κ2) is 9.67. The van der Waals surface area contributed by atoms with E-state index in [0.29, 0.717) is 18.3 Å². The van der Waals surface area contributed by atoms with E-state index in [9.17, 15) is 10.1 Å². The molecular formula is C25H23N5O2S. The van der Waals surface area contributed by atoms with Crippen LogP contribution in [0.25, 0.3) is 17.0 Å². The zero-order valence-corrected chi connectivity index (χ0v) is 19.4. The zero-order valence-electron chi connectivity index (χ0n) is 18.6. The third kappa shape index (κ3) is 5.27. The predicted octanol–water partition coefficient (Wildman–Crippen LogP) is 5.04. The zero-order chi connectivity index (χ0) is 23.4. The fourth-order valence-corrected chi connectivity index (χ4v) is 4.26. The number of aryl methyl sites for hydroxylation is 3. The molecule has 2 heterocycles. The molecule has 2 aromatic carbocycles. The summed E-state index contributed by atoms with van der Waals surface area (Å²) in [4.78, 5) is 12.6. The Morgan fingerprint density at radius 1 is 1.18 bits per heavy atom. The lowest BCUT2D eigenvalue weighted by atomic mass is 10.1. The lowest BCUT2D eigenvalue weighted by Gasteiger charge is -2.10. The molecule has 0 saturated heterocycles. The first-order chi connectivity index (χ1) is 15.9. The fraction of sp³-hybridized carbons (Fsp3) is 0.200. The molecule has 0 atom stereocenters. The van der Waals surface area contributed by atoms with Crippen molar-refractivity contribution in [1.82, 2.24) is 14.8 Å². The van der Waals surface area contributed by atoms with Gasteiger partial charge in [-0.05, 0) is 56.2 Å². The summed E-state index contributed by atoms with van der Waals surface area (Å²) in [6.45, 7) is 7.01. The van der Waals surface area contributed by atoms with Gasteiger partial charge in [-0.25, -0.2) is 0 Å². The molecule has 4 aromatic rings. The SMILES string of the molecule is Cc1cc(C)cc(OCCn2cc(/C=C(/C#N)C(=O)Nc3nnc(C)s3)c3ccccc32)c1. The molecule has 0 bridgehead atoms. The van der Waals surface area contributed by atoms with Gasteiger partial charge in [-0.2, -0.15) is 5.26 Å². The highest BCUT2D eigenvalue weighted by molar-refractivity contribution is 7.15. The van der Waals surface area contributed by atoms with Crippen LogP contribution >= 0.6 is 11.3 Å². The van der Waals surface area contributed by atoms with E-state index in [1.807, 2.05) is 62.5 Å². The van der Waals surface area contributed by atoms with Crippen LogP contribution in [0.15, 0.2) is 54.2 Å². The first-order valence-electron chi connectivity index (χ1n) is 10.4. The molecule has 0 aliphatic carbocycles. The molecule has 0 radical (unpaired) electrons. The molecule has 4 rings (SSSR count). The van der Waals surface area contributed by atoms with Crippen LogP contribution in [0.2, 0.25) is 0 Å². The number of amides is 1. The second-order valence-corrected chi connectivity index (χ2v) is 8.90. The molecule has 1 amide bonds. The van der Waals surface area contributed by atoms with Crippen molar-refractivity contribution in [3.63, 3.8) is 0 Å². The quantitative estimate of drug-likeness (QED) is 0.310. The average Bonchev–Trinajstić information content (AvgIpc) is 3.34. The van der Waals surface area contributed by atoms with Gasteiger partial charge in [-0.3, -0.25) is 10.1 Å². The number of nitriles is 1. The number of benzene rings is 2. The van der Waals surface area contributed by atoms with Crippen molar-refractivity contribution >= 4 is 39.4 Å². The Bertz CT molecular complexity index is 1370. The van der Waals surface area contributed by atoms with Crippen LogP contribution < -0.4 is 10.1 Å². The topological polar surface area (TPSA) is 92.8 Å². The standard InChI is InChI=1S/C25H23N5O2S/c1-16-10-17(2)12-21(11-16)32-9-8-30-15-20(22-6-4-5-7-23(22)30)13-19(14-26)24(31)27-25-29-28-18(3)33-25/h4-7,10-13,15H,8-9H2,1-3H3,(H,27,29,31)/b19-13-. The third-order valence-electron chi connectivity index (χ3n) is 5.03. The van der Waals surface area contributed by atoms with E-state index in [-0.39, 0.29) is 5.57 Å². The molecule has 2 aromatic heterocycles. The highest BCUT2D eigenvalue weighted by Gasteiger charge is 2.14. The molecule has 0 saturated carbocycles. The van der Waals surface area contributed by atoms with Gasteiger partial charge in [0.25, 0.3) is 5.91 Å². The van der Waals surface area contributed by atoms with Crippen molar-refractivity contribution in [1.29, 1.82) is 5.26 Å². The smallest absolute Gasteiger partial charge is 0.268 e. The van der Waals surface area contributed by atoms with E-state index in [0.717, 1.165) is 38.4 Å². The third-order valence-corrected chi connectivity index (χ3v) is 5.78. The Balaban J connectivity index is 1.55. The molecule has 0 spiro atoms. The van der Waals surface area contributed by atoms with Crippen molar-refractivity contribution in [3.05, 3.63) is 75.9 Å². The molecule has 7 nitrogen and oxygen atoms in total. The van der Waals surface area contributed by atoms with Crippen molar-refractivity contribution < 1.29 is 9.53 Å². The molecule has 0 aliphatic heterocycles. The molecule has 166 valence electrons. The summed E-state index contributed by atoms with van der Waals surface area (Å²) in [7, 11) is 0. The van der Waals surface area contributed by atoms with E-state index in [4.69, 9.17) is 4.74 Å². The molecular weight excluding hydrogens is 434 g/mol. The van der Waals surface area contributed by atoms with Gasteiger partial charge < -0.3 is 9.30 Å². The van der Waals surface area contributed by atoms with Gasteiger partial charge in [0.05, 0.1) is 6.54 Å². The Morgan fingerprint density at radius 2 is 1.94 bits per heavy atom. The lowest BCUT2D eigenvalue weighted by molar-refractivity contribution is -0.112. The van der Waals surface area contributed by atoms with E-state index >= 15 is 0 Å². The Morgan fingerprint density at radius 3 is 2.64 bits per heavy atom. The van der Waals surface area contributed by atoms with Crippen LogP contribution in [0.4, 0.5) is 5.13 Å². The van der Waals surface area contributed by atoms with Crippen LogP contribution in [0.5, 0.6) is 5.75 Å². The van der Waals surface area contributed by atoms with Gasteiger partial charge in [0.1, 0.15) is 29.0 Å². The number of carbonyl (C=O) groups is 1. The van der Waals surface area contributed by atoms with Crippen LogP contribution in [0.3, 0.4) is 0 Å². The van der Waals surface area contributed by atoms with E-state index in [1.165, 1.54) is 11.3 Å². The first-order valence-corrected chi connectivity index (χ1v) is 11.3. The number of para-hydroxylation sites is 1. The number of hydrogen-bond donors (Lipinski definition) is 1. The van der Waals surface area contributed by atoms with Crippen LogP contribution in [0.1, 0.15) is 21.7 Å². The van der Waals surface area contributed by atoms with Gasteiger partial charge in [-0.15, -0.1) is 10.2 Å². The Hall–Kier alpha value is -3.96. The van der Waals surface area contributed by atoms with E-state index < -0.39 is 5.91 Å². The van der Waals surface area contributed by atoms with Crippen molar-refractivity contribution in [2.24, 2.45) is 0 Å². The summed E-state index contributed by atoms with van der Waals surface area (Å²) in [6, 6.07) is 16.0. The summed E-state index contributed by atoms with van der Waals surface area (Å²) >= 11 is 1.26. The minimum absolute atomic E-state index is 0.00255. The summed E-state index contributed by atoms with van der Waals surface area (Å²) in [5, 5.41) is 22.1. The van der Waals surface area contributed by atoms with Crippen molar-refractivity contribution in [2.45, 2.75) is 27.3 Å². The number of ether oxygens (including phenoxy) is 1. The molecule has 0 fully saturated rings. The van der Waals surface area contributed by atoms with Gasteiger partial charge in [0, 0.05) is 22.7 Å². The maximum atomic E-state index is 12.6. The van der Waals surface area contributed by atoms with Gasteiger partial charge in [0.15, 0.2) is 0 Å². The molecule has 0 aliphatic rings. The van der Waals surface area contributed by atoms with Gasteiger partial charge >= 0.3 is 0 Å². The minimum Gasteiger partial charge on any atom is -0.492 e.